The van der Waals surface area contributed by atoms with E-state index >= 15 is 0 Å². The fourth-order valence-corrected chi connectivity index (χ4v) is 5.47. The molecule has 3 aliphatic heterocycles. The monoisotopic (exact) mass is 396 g/mol. The summed E-state index contributed by atoms with van der Waals surface area (Å²) in [6, 6.07) is -0.909. The second-order valence-electron chi connectivity index (χ2n) is 8.73. The topological polar surface area (TPSA) is 105 Å². The first-order valence-corrected chi connectivity index (χ1v) is 10.2. The molecule has 8 heteroatoms. The Labute approximate surface area is 165 Å². The number of hydrogen-bond donors (Lipinski definition) is 2. The molecule has 0 radical (unpaired) electrons. The second-order valence-corrected chi connectivity index (χ2v) is 8.73. The first kappa shape index (κ1) is 21.0. The fourth-order valence-electron chi connectivity index (χ4n) is 5.47. The lowest BCUT2D eigenvalue weighted by Crippen LogP contribution is -2.56. The highest BCUT2D eigenvalue weighted by Crippen LogP contribution is 2.65. The average Bonchev–Trinajstić information content (AvgIpc) is 3.10. The van der Waals surface area contributed by atoms with Crippen LogP contribution in [0, 0.1) is 17.8 Å². The molecule has 1 spiro atoms. The number of hydrogen-bond acceptors (Lipinski definition) is 6. The number of aliphatic hydroxyl groups excluding tert-OH is 1. The highest BCUT2D eigenvalue weighted by molar-refractivity contribution is 5.98. The molecule has 3 rings (SSSR count). The van der Waals surface area contributed by atoms with Gasteiger partial charge in [0.05, 0.1) is 18.1 Å². The molecule has 8 nitrogen and oxygen atoms in total. The normalized spacial score (nSPS) is 38.8. The molecule has 0 aromatic rings. The Morgan fingerprint density at radius 2 is 2.11 bits per heavy atom. The van der Waals surface area contributed by atoms with Crippen molar-refractivity contribution in [3.05, 3.63) is 0 Å². The van der Waals surface area contributed by atoms with Crippen LogP contribution in [-0.2, 0) is 23.9 Å². The lowest BCUT2D eigenvalue weighted by atomic mass is 9.62. The number of fused-ring (bicyclic) bond motifs is 1. The zero-order valence-electron chi connectivity index (χ0n) is 17.4. The van der Waals surface area contributed by atoms with E-state index in [-0.39, 0.29) is 43.5 Å². The van der Waals surface area contributed by atoms with Crippen molar-refractivity contribution in [3.63, 3.8) is 0 Å². The van der Waals surface area contributed by atoms with Gasteiger partial charge in [-0.1, -0.05) is 6.92 Å². The molecule has 2 bridgehead atoms. The van der Waals surface area contributed by atoms with E-state index in [0.717, 1.165) is 0 Å². The third-order valence-electron chi connectivity index (χ3n) is 6.59. The molecule has 0 aromatic heterocycles. The van der Waals surface area contributed by atoms with Crippen molar-refractivity contribution in [2.24, 2.45) is 17.8 Å². The standard InChI is InChI=1S/C20H32N2O6/c1-6-27-18(26)14-13-17(25)22(8-7-9-23)15(16(24)21-11(2)3)20(13)10-12(4)19(14,5)28-20/h11-15,23H,6-10H2,1-5H3,(H,21,24)/t12?,13-,14+,15?,19-,20?/m0/s1. The summed E-state index contributed by atoms with van der Waals surface area (Å²) >= 11 is 0. The van der Waals surface area contributed by atoms with Crippen LogP contribution in [0.5, 0.6) is 0 Å². The number of esters is 1. The summed E-state index contributed by atoms with van der Waals surface area (Å²) in [7, 11) is 0. The van der Waals surface area contributed by atoms with Crippen LogP contribution in [0.15, 0.2) is 0 Å². The third kappa shape index (κ3) is 2.84. The Bertz CT molecular complexity index is 667. The van der Waals surface area contributed by atoms with Crippen molar-refractivity contribution >= 4 is 17.8 Å². The van der Waals surface area contributed by atoms with E-state index < -0.39 is 35.0 Å². The van der Waals surface area contributed by atoms with Crippen molar-refractivity contribution in [1.29, 1.82) is 0 Å². The van der Waals surface area contributed by atoms with Gasteiger partial charge in [-0.15, -0.1) is 0 Å². The third-order valence-corrected chi connectivity index (χ3v) is 6.59. The number of carbonyl (C=O) groups excluding carboxylic acids is 3. The van der Waals surface area contributed by atoms with E-state index in [1.807, 2.05) is 27.7 Å². The maximum Gasteiger partial charge on any atom is 0.312 e. The number of carbonyl (C=O) groups is 3. The van der Waals surface area contributed by atoms with Crippen LogP contribution >= 0.6 is 0 Å². The van der Waals surface area contributed by atoms with Crippen molar-refractivity contribution in [2.45, 2.75) is 70.7 Å². The molecule has 158 valence electrons. The van der Waals surface area contributed by atoms with Crippen molar-refractivity contribution < 1.29 is 29.0 Å². The van der Waals surface area contributed by atoms with Crippen molar-refractivity contribution in [2.75, 3.05) is 19.8 Å². The maximum absolute atomic E-state index is 13.4. The number of aliphatic hydroxyl groups is 1. The molecule has 6 atom stereocenters. The molecular formula is C20H32N2O6. The molecule has 2 N–H and O–H groups in total. The van der Waals surface area contributed by atoms with Crippen LogP contribution in [0.25, 0.3) is 0 Å². The van der Waals surface area contributed by atoms with Crippen LogP contribution in [-0.4, -0.2) is 70.8 Å². The highest BCUT2D eigenvalue weighted by atomic mass is 16.6. The SMILES string of the molecule is CCOC(=O)[C@H]1[C@H]2C(=O)N(CCCO)C(C(=O)NC(C)C)C23CC(C)[C@]1(C)O3. The van der Waals surface area contributed by atoms with Crippen LogP contribution in [0.1, 0.15) is 47.5 Å². The molecule has 0 aliphatic carbocycles. The summed E-state index contributed by atoms with van der Waals surface area (Å²) in [6.45, 7) is 9.69. The Morgan fingerprint density at radius 3 is 2.68 bits per heavy atom. The summed E-state index contributed by atoms with van der Waals surface area (Å²) in [5.41, 5.74) is -1.89. The summed E-state index contributed by atoms with van der Waals surface area (Å²) in [6.07, 6.45) is 0.887. The van der Waals surface area contributed by atoms with Gasteiger partial charge in [0.15, 0.2) is 0 Å². The van der Waals surface area contributed by atoms with Crippen LogP contribution in [0.4, 0.5) is 0 Å². The van der Waals surface area contributed by atoms with Gasteiger partial charge in [0, 0.05) is 19.2 Å². The van der Waals surface area contributed by atoms with E-state index in [4.69, 9.17) is 9.47 Å². The van der Waals surface area contributed by atoms with Gasteiger partial charge in [-0.25, -0.2) is 0 Å². The van der Waals surface area contributed by atoms with Gasteiger partial charge in [-0.05, 0) is 46.5 Å². The number of ether oxygens (including phenoxy) is 2. The number of nitrogens with zero attached hydrogens (tertiary/aromatic N) is 1. The van der Waals surface area contributed by atoms with Gasteiger partial charge in [0.25, 0.3) is 0 Å². The molecule has 3 saturated heterocycles. The maximum atomic E-state index is 13.4. The number of amides is 2. The van der Waals surface area contributed by atoms with Crippen LogP contribution in [0.2, 0.25) is 0 Å². The minimum Gasteiger partial charge on any atom is -0.466 e. The van der Waals surface area contributed by atoms with Crippen molar-refractivity contribution in [3.8, 4) is 0 Å². The largest absolute Gasteiger partial charge is 0.466 e. The predicted molar refractivity (Wildman–Crippen MR) is 100 cm³/mol. The van der Waals surface area contributed by atoms with Crippen LogP contribution < -0.4 is 5.32 Å². The first-order chi connectivity index (χ1) is 13.1. The zero-order chi connectivity index (χ0) is 20.9. The summed E-state index contributed by atoms with van der Waals surface area (Å²) in [5, 5.41) is 12.2. The van der Waals surface area contributed by atoms with E-state index in [0.29, 0.717) is 12.8 Å². The van der Waals surface area contributed by atoms with E-state index in [2.05, 4.69) is 5.32 Å². The second kappa shape index (κ2) is 7.30. The zero-order valence-corrected chi connectivity index (χ0v) is 17.4. The van der Waals surface area contributed by atoms with E-state index in [9.17, 15) is 19.5 Å². The Kier molecular flexibility index (Phi) is 5.49. The van der Waals surface area contributed by atoms with Gasteiger partial charge < -0.3 is 24.8 Å². The van der Waals surface area contributed by atoms with E-state index in [1.165, 1.54) is 4.90 Å². The minimum absolute atomic E-state index is 0.00176. The molecule has 28 heavy (non-hydrogen) atoms. The quantitative estimate of drug-likeness (QED) is 0.606. The summed E-state index contributed by atoms with van der Waals surface area (Å²) < 4.78 is 11.8. The summed E-state index contributed by atoms with van der Waals surface area (Å²) in [4.78, 5) is 40.9. The van der Waals surface area contributed by atoms with Crippen molar-refractivity contribution in [1.82, 2.24) is 10.2 Å². The minimum atomic E-state index is -1.04. The molecule has 2 amide bonds. The number of likely N-dealkylation sites (tertiary alicyclic amines) is 1. The molecule has 0 saturated carbocycles. The smallest absolute Gasteiger partial charge is 0.312 e. The number of rotatable bonds is 7. The molecule has 3 fully saturated rings. The van der Waals surface area contributed by atoms with Gasteiger partial charge in [-0.2, -0.15) is 0 Å². The molecule has 3 aliphatic rings. The molecule has 3 unspecified atom stereocenters. The van der Waals surface area contributed by atoms with Gasteiger partial charge in [0.1, 0.15) is 17.6 Å². The molecule has 3 heterocycles. The highest BCUT2D eigenvalue weighted by Gasteiger charge is 2.80. The molecular weight excluding hydrogens is 364 g/mol. The van der Waals surface area contributed by atoms with Gasteiger partial charge in [0.2, 0.25) is 11.8 Å². The fraction of sp³-hybridized carbons (Fsp3) is 0.850. The Balaban J connectivity index is 2.06. The summed E-state index contributed by atoms with van der Waals surface area (Å²) in [5.74, 6) is -2.45. The average molecular weight is 396 g/mol. The van der Waals surface area contributed by atoms with Gasteiger partial charge in [-0.3, -0.25) is 14.4 Å². The van der Waals surface area contributed by atoms with Crippen LogP contribution in [0.3, 0.4) is 0 Å². The number of nitrogens with one attached hydrogen (secondary N) is 1. The predicted octanol–water partition coefficient (Wildman–Crippen LogP) is 0.467. The molecule has 0 aromatic carbocycles. The lowest BCUT2D eigenvalue weighted by molar-refractivity contribution is -0.161. The lowest BCUT2D eigenvalue weighted by Gasteiger charge is -2.35. The first-order valence-electron chi connectivity index (χ1n) is 10.2. The Hall–Kier alpha value is -1.67. The Morgan fingerprint density at radius 1 is 1.43 bits per heavy atom. The van der Waals surface area contributed by atoms with E-state index in [1.54, 1.807) is 6.92 Å². The van der Waals surface area contributed by atoms with Gasteiger partial charge >= 0.3 is 5.97 Å².